The lowest BCUT2D eigenvalue weighted by Gasteiger charge is -2.03. The highest BCUT2D eigenvalue weighted by Crippen LogP contribution is 2.24. The number of anilines is 2. The van der Waals surface area contributed by atoms with E-state index in [2.05, 4.69) is 10.3 Å². The van der Waals surface area contributed by atoms with Gasteiger partial charge in [-0.15, -0.1) is 0 Å². The van der Waals surface area contributed by atoms with Gasteiger partial charge in [-0.3, -0.25) is 4.79 Å². The molecule has 0 bridgehead atoms. The minimum atomic E-state index is 0.158. The van der Waals surface area contributed by atoms with Crippen LogP contribution in [0.4, 0.5) is 11.7 Å². The molecule has 1 N–H and O–H groups in total. The van der Waals surface area contributed by atoms with Crippen molar-refractivity contribution in [1.29, 1.82) is 0 Å². The van der Waals surface area contributed by atoms with Gasteiger partial charge in [0.25, 0.3) is 6.01 Å². The molecule has 0 aliphatic rings. The fourth-order valence-corrected chi connectivity index (χ4v) is 2.26. The van der Waals surface area contributed by atoms with Gasteiger partial charge in [0.05, 0.1) is 0 Å². The molecule has 0 aliphatic carbocycles. The lowest BCUT2D eigenvalue weighted by atomic mass is 10.1. The minimum Gasteiger partial charge on any atom is -0.423 e. The van der Waals surface area contributed by atoms with Crippen LogP contribution in [0.5, 0.6) is 0 Å². The maximum atomic E-state index is 11.1. The Morgan fingerprint density at radius 1 is 1.19 bits per heavy atom. The van der Waals surface area contributed by atoms with E-state index in [1.165, 1.54) is 0 Å². The van der Waals surface area contributed by atoms with Crippen LogP contribution in [0.15, 0.2) is 46.9 Å². The van der Waals surface area contributed by atoms with Crippen LogP contribution in [0.2, 0.25) is 0 Å². The molecule has 0 radical (unpaired) electrons. The number of carbonyl (C=O) groups excluding carboxylic acids is 1. The summed E-state index contributed by atoms with van der Waals surface area (Å²) in [6, 6.07) is 14.0. The normalized spacial score (nSPS) is 10.8. The number of oxazole rings is 1. The maximum absolute atomic E-state index is 11.1. The van der Waals surface area contributed by atoms with E-state index in [0.29, 0.717) is 12.4 Å². The van der Waals surface area contributed by atoms with Gasteiger partial charge in [0, 0.05) is 12.1 Å². The van der Waals surface area contributed by atoms with Gasteiger partial charge >= 0.3 is 0 Å². The van der Waals surface area contributed by atoms with Gasteiger partial charge in [-0.05, 0) is 43.2 Å². The molecule has 0 saturated heterocycles. The van der Waals surface area contributed by atoms with Crippen molar-refractivity contribution in [1.82, 2.24) is 4.98 Å². The first-order valence-corrected chi connectivity index (χ1v) is 6.83. The molecule has 1 aromatic heterocycles. The topological polar surface area (TPSA) is 55.1 Å². The van der Waals surface area contributed by atoms with Gasteiger partial charge in [0.2, 0.25) is 0 Å². The highest BCUT2D eigenvalue weighted by molar-refractivity contribution is 5.79. The van der Waals surface area contributed by atoms with Crippen molar-refractivity contribution >= 4 is 28.6 Å². The van der Waals surface area contributed by atoms with E-state index in [0.717, 1.165) is 27.9 Å². The molecule has 2 aromatic carbocycles. The highest BCUT2D eigenvalue weighted by Gasteiger charge is 2.07. The number of nitrogens with zero attached hydrogens (tertiary/aromatic N) is 1. The molecular formula is C17H16N2O2. The van der Waals surface area contributed by atoms with Gasteiger partial charge < -0.3 is 9.73 Å². The first kappa shape index (κ1) is 13.4. The number of carbonyl (C=O) groups is 1. The van der Waals surface area contributed by atoms with Crippen LogP contribution in [0.1, 0.15) is 18.1 Å². The summed E-state index contributed by atoms with van der Waals surface area (Å²) in [6.45, 7) is 3.60. The third-order valence-electron chi connectivity index (χ3n) is 3.28. The zero-order valence-corrected chi connectivity index (χ0v) is 12.0. The Labute approximate surface area is 122 Å². The zero-order chi connectivity index (χ0) is 14.8. The second kappa shape index (κ2) is 5.40. The van der Waals surface area contributed by atoms with Crippen molar-refractivity contribution in [2.24, 2.45) is 0 Å². The van der Waals surface area contributed by atoms with Crippen molar-refractivity contribution in [3.05, 3.63) is 53.6 Å². The Kier molecular flexibility index (Phi) is 3.44. The quantitative estimate of drug-likeness (QED) is 0.784. The summed E-state index contributed by atoms with van der Waals surface area (Å²) < 4.78 is 5.67. The fraction of sp³-hybridized carbons (Fsp3) is 0.176. The number of hydrogen-bond donors (Lipinski definition) is 1. The molecule has 0 aliphatic heterocycles. The van der Waals surface area contributed by atoms with Crippen LogP contribution in [-0.2, 0) is 11.2 Å². The van der Waals surface area contributed by atoms with E-state index < -0.39 is 0 Å². The molecule has 1 heterocycles. The Hall–Kier alpha value is -2.62. The van der Waals surface area contributed by atoms with E-state index in [1.54, 1.807) is 6.92 Å². The lowest BCUT2D eigenvalue weighted by Crippen LogP contribution is -1.96. The Bertz CT molecular complexity index is 788. The van der Waals surface area contributed by atoms with Crippen LogP contribution in [0.25, 0.3) is 11.1 Å². The van der Waals surface area contributed by atoms with E-state index in [-0.39, 0.29) is 5.78 Å². The van der Waals surface area contributed by atoms with Crippen molar-refractivity contribution in [3.63, 3.8) is 0 Å². The van der Waals surface area contributed by atoms with Crippen LogP contribution >= 0.6 is 0 Å². The number of rotatable bonds is 4. The van der Waals surface area contributed by atoms with Crippen molar-refractivity contribution in [2.45, 2.75) is 20.3 Å². The monoisotopic (exact) mass is 280 g/mol. The average Bonchev–Trinajstić information content (AvgIpc) is 2.84. The number of nitrogens with one attached hydrogen (secondary N) is 1. The molecule has 0 spiro atoms. The fourth-order valence-electron chi connectivity index (χ4n) is 2.26. The number of aromatic nitrogens is 1. The standard InChI is InChI=1S/C17H16N2O2/c1-11-4-3-5-15-16(11)19-17(21-15)18-14-8-6-13(7-9-14)10-12(2)20/h3-9H,10H2,1-2H3,(H,18,19). The maximum Gasteiger partial charge on any atom is 0.300 e. The third kappa shape index (κ3) is 2.94. The lowest BCUT2D eigenvalue weighted by molar-refractivity contribution is -0.116. The van der Waals surface area contributed by atoms with Crippen LogP contribution in [-0.4, -0.2) is 10.8 Å². The summed E-state index contributed by atoms with van der Waals surface area (Å²) in [5.74, 6) is 0.158. The van der Waals surface area contributed by atoms with E-state index in [4.69, 9.17) is 4.42 Å². The molecular weight excluding hydrogens is 264 g/mol. The van der Waals surface area contributed by atoms with Crippen molar-refractivity contribution < 1.29 is 9.21 Å². The molecule has 4 nitrogen and oxygen atoms in total. The molecule has 4 heteroatoms. The Morgan fingerprint density at radius 2 is 1.95 bits per heavy atom. The summed E-state index contributed by atoms with van der Waals surface area (Å²) in [5.41, 5.74) is 4.60. The average molecular weight is 280 g/mol. The molecule has 106 valence electrons. The number of aryl methyl sites for hydroxylation is 1. The Balaban J connectivity index is 1.81. The van der Waals surface area contributed by atoms with E-state index >= 15 is 0 Å². The smallest absolute Gasteiger partial charge is 0.300 e. The molecule has 21 heavy (non-hydrogen) atoms. The van der Waals surface area contributed by atoms with Crippen molar-refractivity contribution in [3.8, 4) is 0 Å². The third-order valence-corrected chi connectivity index (χ3v) is 3.28. The van der Waals surface area contributed by atoms with Crippen molar-refractivity contribution in [2.75, 3.05) is 5.32 Å². The van der Waals surface area contributed by atoms with Gasteiger partial charge in [0.1, 0.15) is 11.3 Å². The number of benzene rings is 2. The molecule has 0 amide bonds. The molecule has 0 unspecified atom stereocenters. The van der Waals surface area contributed by atoms with Crippen LogP contribution in [0, 0.1) is 6.92 Å². The summed E-state index contributed by atoms with van der Waals surface area (Å²) in [7, 11) is 0. The molecule has 3 aromatic rings. The predicted octanol–water partition coefficient (Wildman–Crippen LogP) is 4.01. The zero-order valence-electron chi connectivity index (χ0n) is 12.0. The van der Waals surface area contributed by atoms with Crippen LogP contribution in [0.3, 0.4) is 0 Å². The summed E-state index contributed by atoms with van der Waals surface area (Å²) in [4.78, 5) is 15.5. The second-order valence-electron chi connectivity index (χ2n) is 5.14. The predicted molar refractivity (Wildman–Crippen MR) is 82.9 cm³/mol. The largest absolute Gasteiger partial charge is 0.423 e. The number of fused-ring (bicyclic) bond motifs is 1. The Morgan fingerprint density at radius 3 is 2.62 bits per heavy atom. The molecule has 0 saturated carbocycles. The van der Waals surface area contributed by atoms with Crippen LogP contribution < -0.4 is 5.32 Å². The first-order valence-electron chi connectivity index (χ1n) is 6.83. The molecule has 0 atom stereocenters. The number of hydrogen-bond acceptors (Lipinski definition) is 4. The summed E-state index contributed by atoms with van der Waals surface area (Å²) >= 11 is 0. The second-order valence-corrected chi connectivity index (χ2v) is 5.14. The van der Waals surface area contributed by atoms with Gasteiger partial charge in [-0.25, -0.2) is 0 Å². The van der Waals surface area contributed by atoms with E-state index in [9.17, 15) is 4.79 Å². The molecule has 0 fully saturated rings. The highest BCUT2D eigenvalue weighted by atomic mass is 16.4. The minimum absolute atomic E-state index is 0.158. The molecule has 3 rings (SSSR count). The summed E-state index contributed by atoms with van der Waals surface area (Å²) in [5, 5.41) is 3.14. The summed E-state index contributed by atoms with van der Waals surface area (Å²) in [6.07, 6.45) is 0.461. The number of ketones is 1. The van der Waals surface area contributed by atoms with E-state index in [1.807, 2.05) is 49.4 Å². The SMILES string of the molecule is CC(=O)Cc1ccc(Nc2nc3c(C)cccc3o2)cc1. The number of Topliss-reactive ketones (excluding diaryl/α,β-unsaturated/α-hetero) is 1. The number of para-hydroxylation sites is 1. The first-order chi connectivity index (χ1) is 10.1. The van der Waals surface area contributed by atoms with Gasteiger partial charge in [-0.2, -0.15) is 4.98 Å². The van der Waals surface area contributed by atoms with Gasteiger partial charge in [-0.1, -0.05) is 24.3 Å². The van der Waals surface area contributed by atoms with Gasteiger partial charge in [0.15, 0.2) is 5.58 Å².